The van der Waals surface area contributed by atoms with Crippen molar-refractivity contribution in [3.8, 4) is 0 Å². The first-order valence-electron chi connectivity index (χ1n) is 13.9. The summed E-state index contributed by atoms with van der Waals surface area (Å²) in [5.74, 6) is -0.279. The van der Waals surface area contributed by atoms with Gasteiger partial charge in [-0.3, -0.25) is 14.6 Å². The van der Waals surface area contributed by atoms with E-state index >= 15 is 0 Å². The first kappa shape index (κ1) is 27.6. The number of aromatic nitrogens is 1. The number of amides is 4. The zero-order valence-electron chi connectivity index (χ0n) is 23.1. The van der Waals surface area contributed by atoms with Crippen LogP contribution < -0.4 is 5.32 Å². The molecule has 2 atom stereocenters. The van der Waals surface area contributed by atoms with E-state index in [9.17, 15) is 14.4 Å². The minimum Gasteiger partial charge on any atom is -0.333 e. The maximum atomic E-state index is 14.1. The van der Waals surface area contributed by atoms with E-state index in [1.54, 1.807) is 27.3 Å². The second-order valence-electron chi connectivity index (χ2n) is 10.4. The van der Waals surface area contributed by atoms with Crippen LogP contribution in [0.4, 0.5) is 4.79 Å². The molecular weight excluding hydrogens is 548 g/mol. The number of urea groups is 1. The summed E-state index contributed by atoms with van der Waals surface area (Å²) in [5.41, 5.74) is 5.66. The Kier molecular flexibility index (Phi) is 7.98. The molecule has 3 aromatic carbocycles. The van der Waals surface area contributed by atoms with E-state index in [1.165, 1.54) is 5.01 Å². The standard InChI is InChI=1S/C32H32N6O3S/c1-2-16-36(32(41)33-18-24-12-7-4-8-13-24)37-21-29(39)38-27(17-23-10-5-3-6-11-23)31(40)35(20-28(37)38)19-25-14-9-15-26-30(25)42-22-34-26/h2-15,22,27-28H,1,16-21H2,(H,33,41)/t27-,28+/m0/s1. The molecule has 2 aliphatic heterocycles. The first-order chi connectivity index (χ1) is 20.5. The number of hydrogen-bond acceptors (Lipinski definition) is 6. The van der Waals surface area contributed by atoms with Crippen LogP contribution in [0.3, 0.4) is 0 Å². The Bertz CT molecular complexity index is 1590. The van der Waals surface area contributed by atoms with Gasteiger partial charge in [0.2, 0.25) is 11.8 Å². The Morgan fingerprint density at radius 3 is 2.50 bits per heavy atom. The lowest BCUT2D eigenvalue weighted by atomic mass is 10.00. The zero-order valence-corrected chi connectivity index (χ0v) is 24.0. The Hall–Kier alpha value is -4.54. The van der Waals surface area contributed by atoms with Crippen LogP contribution in [0.15, 0.2) is 97.0 Å². The van der Waals surface area contributed by atoms with Gasteiger partial charge in [0.1, 0.15) is 12.2 Å². The Labute approximate surface area is 248 Å². The Balaban J connectivity index is 1.31. The summed E-state index contributed by atoms with van der Waals surface area (Å²) in [6.07, 6.45) is 1.53. The lowest BCUT2D eigenvalue weighted by Crippen LogP contribution is -2.66. The predicted octanol–water partition coefficient (Wildman–Crippen LogP) is 4.03. The van der Waals surface area contributed by atoms with Crippen LogP contribution in [0.1, 0.15) is 16.7 Å². The monoisotopic (exact) mass is 580 g/mol. The van der Waals surface area contributed by atoms with E-state index in [1.807, 2.05) is 89.3 Å². The molecule has 0 radical (unpaired) electrons. The summed E-state index contributed by atoms with van der Waals surface area (Å²) in [6, 6.07) is 24.3. The van der Waals surface area contributed by atoms with Gasteiger partial charge in [-0.05, 0) is 22.8 Å². The van der Waals surface area contributed by atoms with Crippen LogP contribution in [-0.4, -0.2) is 74.5 Å². The number of rotatable bonds is 9. The van der Waals surface area contributed by atoms with Gasteiger partial charge in [0.05, 0.1) is 35.4 Å². The normalized spacial score (nSPS) is 18.8. The molecule has 2 fully saturated rings. The zero-order chi connectivity index (χ0) is 29.1. The van der Waals surface area contributed by atoms with Crippen molar-refractivity contribution in [3.05, 3.63) is 114 Å². The molecule has 10 heteroatoms. The number of hydrazine groups is 1. The van der Waals surface area contributed by atoms with Gasteiger partial charge in [0, 0.05) is 19.5 Å². The quantitative estimate of drug-likeness (QED) is 0.302. The van der Waals surface area contributed by atoms with Gasteiger partial charge in [-0.1, -0.05) is 78.9 Å². The molecule has 0 saturated carbocycles. The van der Waals surface area contributed by atoms with Crippen molar-refractivity contribution in [1.29, 1.82) is 0 Å². The summed E-state index contributed by atoms with van der Waals surface area (Å²) in [5, 5.41) is 6.31. The van der Waals surface area contributed by atoms with Crippen molar-refractivity contribution in [2.24, 2.45) is 0 Å². The Morgan fingerprint density at radius 2 is 1.76 bits per heavy atom. The molecule has 0 unspecified atom stereocenters. The highest BCUT2D eigenvalue weighted by Crippen LogP contribution is 2.31. The number of carbonyl (C=O) groups excluding carboxylic acids is 3. The highest BCUT2D eigenvalue weighted by Gasteiger charge is 2.52. The fraction of sp³-hybridized carbons (Fsp3) is 0.250. The molecule has 214 valence electrons. The summed E-state index contributed by atoms with van der Waals surface area (Å²) < 4.78 is 1.04. The average Bonchev–Trinajstić information content (AvgIpc) is 3.63. The van der Waals surface area contributed by atoms with Gasteiger partial charge in [-0.2, -0.15) is 5.01 Å². The van der Waals surface area contributed by atoms with E-state index in [0.29, 0.717) is 19.5 Å². The van der Waals surface area contributed by atoms with Crippen LogP contribution in [0, 0.1) is 0 Å². The van der Waals surface area contributed by atoms with Crippen LogP contribution in [0.25, 0.3) is 10.2 Å². The number of thiazole rings is 1. The van der Waals surface area contributed by atoms with Crippen molar-refractivity contribution in [2.75, 3.05) is 19.6 Å². The average molecular weight is 581 g/mol. The Morgan fingerprint density at radius 1 is 1.02 bits per heavy atom. The van der Waals surface area contributed by atoms with Gasteiger partial charge in [-0.15, -0.1) is 17.9 Å². The number of nitrogens with one attached hydrogen (secondary N) is 1. The molecule has 2 saturated heterocycles. The van der Waals surface area contributed by atoms with Crippen molar-refractivity contribution in [3.63, 3.8) is 0 Å². The molecular formula is C32H32N6O3S. The molecule has 6 rings (SSSR count). The number of nitrogens with zero attached hydrogens (tertiary/aromatic N) is 5. The third-order valence-electron chi connectivity index (χ3n) is 7.77. The topological polar surface area (TPSA) is 89.1 Å². The fourth-order valence-electron chi connectivity index (χ4n) is 5.79. The minimum absolute atomic E-state index is 0.00585. The fourth-order valence-corrected chi connectivity index (χ4v) is 6.59. The molecule has 42 heavy (non-hydrogen) atoms. The minimum atomic E-state index is -0.692. The van der Waals surface area contributed by atoms with Gasteiger partial charge in [0.25, 0.3) is 0 Å². The second-order valence-corrected chi connectivity index (χ2v) is 11.3. The van der Waals surface area contributed by atoms with Crippen molar-refractivity contribution < 1.29 is 14.4 Å². The highest BCUT2D eigenvalue weighted by molar-refractivity contribution is 7.16. The molecule has 0 aliphatic carbocycles. The number of piperazine rings is 1. The molecule has 9 nitrogen and oxygen atoms in total. The molecule has 4 amide bonds. The first-order valence-corrected chi connectivity index (χ1v) is 14.8. The smallest absolute Gasteiger partial charge is 0.332 e. The van der Waals surface area contributed by atoms with E-state index in [4.69, 9.17) is 0 Å². The summed E-state index contributed by atoms with van der Waals surface area (Å²) >= 11 is 1.55. The van der Waals surface area contributed by atoms with Gasteiger partial charge < -0.3 is 15.1 Å². The number of benzene rings is 3. The number of fused-ring (bicyclic) bond motifs is 2. The van der Waals surface area contributed by atoms with Crippen LogP contribution in [-0.2, 0) is 29.1 Å². The summed E-state index contributed by atoms with van der Waals surface area (Å²) in [6.45, 7) is 5.07. The molecule has 1 aromatic heterocycles. The van der Waals surface area contributed by atoms with Gasteiger partial charge in [0.15, 0.2) is 0 Å². The third-order valence-corrected chi connectivity index (χ3v) is 8.69. The highest BCUT2D eigenvalue weighted by atomic mass is 32.1. The van der Waals surface area contributed by atoms with Crippen molar-refractivity contribution in [2.45, 2.75) is 31.7 Å². The third kappa shape index (κ3) is 5.50. The maximum Gasteiger partial charge on any atom is 0.332 e. The lowest BCUT2D eigenvalue weighted by molar-refractivity contribution is -0.157. The molecule has 2 aliphatic rings. The van der Waals surface area contributed by atoms with Crippen molar-refractivity contribution in [1.82, 2.24) is 30.1 Å². The molecule has 3 heterocycles. The molecule has 0 spiro atoms. The van der Waals surface area contributed by atoms with E-state index in [2.05, 4.69) is 16.9 Å². The summed E-state index contributed by atoms with van der Waals surface area (Å²) in [4.78, 5) is 49.1. The number of hydrogen-bond donors (Lipinski definition) is 1. The SMILES string of the molecule is C=CCN(C(=O)NCc1ccccc1)N1CC(=O)N2[C@@H](Cc3ccccc3)C(=O)N(Cc3cccc4ncsc34)C[C@@H]21. The van der Waals surface area contributed by atoms with Gasteiger partial charge in [-0.25, -0.2) is 9.78 Å². The maximum absolute atomic E-state index is 14.1. The van der Waals surface area contributed by atoms with Gasteiger partial charge >= 0.3 is 6.03 Å². The van der Waals surface area contributed by atoms with Crippen LogP contribution >= 0.6 is 11.3 Å². The van der Waals surface area contributed by atoms with Crippen molar-refractivity contribution >= 4 is 39.4 Å². The number of carbonyl (C=O) groups is 3. The molecule has 4 aromatic rings. The van der Waals surface area contributed by atoms with Crippen LogP contribution in [0.5, 0.6) is 0 Å². The van der Waals surface area contributed by atoms with Crippen LogP contribution in [0.2, 0.25) is 0 Å². The van der Waals surface area contributed by atoms with E-state index < -0.39 is 12.2 Å². The second kappa shape index (κ2) is 12.1. The van der Waals surface area contributed by atoms with E-state index in [0.717, 1.165) is 26.9 Å². The predicted molar refractivity (Wildman–Crippen MR) is 162 cm³/mol. The largest absolute Gasteiger partial charge is 0.333 e. The lowest BCUT2D eigenvalue weighted by Gasteiger charge is -2.46. The summed E-state index contributed by atoms with van der Waals surface area (Å²) in [7, 11) is 0. The molecule has 0 bridgehead atoms. The molecule has 1 N–H and O–H groups in total. The van der Waals surface area contributed by atoms with E-state index in [-0.39, 0.29) is 37.5 Å².